The highest BCUT2D eigenvalue weighted by atomic mass is 35.5. The van der Waals surface area contributed by atoms with Crippen molar-refractivity contribution in [2.75, 3.05) is 6.61 Å². The van der Waals surface area contributed by atoms with Gasteiger partial charge in [-0.3, -0.25) is 4.68 Å². The minimum Gasteiger partial charge on any atom is -0.618 e. The summed E-state index contributed by atoms with van der Waals surface area (Å²) < 4.78 is 75.7. The van der Waals surface area contributed by atoms with Gasteiger partial charge in [0.2, 0.25) is 5.69 Å². The highest BCUT2D eigenvalue weighted by molar-refractivity contribution is 6.31. The van der Waals surface area contributed by atoms with Crippen LogP contribution in [0.25, 0.3) is 22.5 Å². The molecule has 0 unspecified atom stereocenters. The Kier molecular flexibility index (Phi) is 7.94. The normalized spacial score (nSPS) is 12.5. The van der Waals surface area contributed by atoms with E-state index in [9.17, 15) is 22.8 Å². The number of hydrogen-bond donors (Lipinski definition) is 1. The van der Waals surface area contributed by atoms with Gasteiger partial charge in [0.05, 0.1) is 35.2 Å². The lowest BCUT2D eigenvalue weighted by Gasteiger charge is -2.18. The largest absolute Gasteiger partial charge is 0.618 e. The molecule has 0 radical (unpaired) electrons. The molecule has 0 amide bonds. The Hall–Kier alpha value is -4.44. The van der Waals surface area contributed by atoms with Gasteiger partial charge in [-0.1, -0.05) is 16.8 Å². The molecule has 5 aromatic rings. The van der Waals surface area contributed by atoms with Gasteiger partial charge in [-0.05, 0) is 25.1 Å². The van der Waals surface area contributed by atoms with E-state index in [1.54, 1.807) is 13.1 Å². The van der Waals surface area contributed by atoms with Crippen LogP contribution < -0.4 is 9.41 Å². The number of rotatable bonds is 10. The van der Waals surface area contributed by atoms with Gasteiger partial charge in [-0.2, -0.15) is 23.7 Å². The Balaban J connectivity index is 1.54. The molecule has 4 heterocycles. The van der Waals surface area contributed by atoms with Crippen molar-refractivity contribution in [3.63, 3.8) is 0 Å². The molecule has 0 bridgehead atoms. The molecule has 0 fully saturated rings. The minimum absolute atomic E-state index is 0.0563. The molecule has 0 spiro atoms. The molecule has 1 atom stereocenters. The molecule has 17 heteroatoms. The first-order valence-electron chi connectivity index (χ1n) is 11.9. The van der Waals surface area contributed by atoms with Crippen molar-refractivity contribution in [1.29, 1.82) is 0 Å². The second-order valence-electron chi connectivity index (χ2n) is 8.71. The van der Waals surface area contributed by atoms with Crippen molar-refractivity contribution >= 4 is 11.6 Å². The first kappa shape index (κ1) is 28.1. The average Bonchev–Trinajstić information content (AvgIpc) is 3.69. The lowest BCUT2D eigenvalue weighted by atomic mass is 10.0. The van der Waals surface area contributed by atoms with Crippen LogP contribution in [0.3, 0.4) is 0 Å². The fourth-order valence-corrected chi connectivity index (χ4v) is 4.37. The summed E-state index contributed by atoms with van der Waals surface area (Å²) in [5.41, 5.74) is -0.0428. The predicted molar refractivity (Wildman–Crippen MR) is 131 cm³/mol. The van der Waals surface area contributed by atoms with Crippen LogP contribution in [0.5, 0.6) is 0 Å². The van der Waals surface area contributed by atoms with Gasteiger partial charge in [0.1, 0.15) is 23.9 Å². The molecule has 11 nitrogen and oxygen atoms in total. The number of benzene rings is 1. The van der Waals surface area contributed by atoms with E-state index in [2.05, 4.69) is 30.2 Å². The van der Waals surface area contributed by atoms with Gasteiger partial charge in [0, 0.05) is 17.6 Å². The Labute approximate surface area is 233 Å². The van der Waals surface area contributed by atoms with Crippen LogP contribution in [0.1, 0.15) is 36.1 Å². The number of halogens is 6. The van der Waals surface area contributed by atoms with E-state index >= 15 is 4.39 Å². The number of H-pyrrole nitrogens is 1. The molecular weight excluding hydrogens is 577 g/mol. The fourth-order valence-electron chi connectivity index (χ4n) is 4.22. The first-order chi connectivity index (χ1) is 19.6. The standard InChI is InChI=1S/C24H19ClF5N9O2/c1-13-31-12-38(34-13)15-8-32-36(10-15)18(6-7-41-24(29)30)19-4-2-14(9-39(19)40)21-20(5-3-16(25)22(21)26)37-11-17(23(27)28)33-35-37/h2-5,8-12,18,23-24H,6-7H2,1H3/p+1/t18-/m0/s1. The smallest absolute Gasteiger partial charge is 0.345 e. The second kappa shape index (κ2) is 11.6. The fraction of sp³-hybridized carbons (Fsp3) is 0.250. The van der Waals surface area contributed by atoms with Gasteiger partial charge in [0.15, 0.2) is 23.9 Å². The number of aryl methyl sites for hydroxylation is 1. The molecule has 0 aliphatic carbocycles. The summed E-state index contributed by atoms with van der Waals surface area (Å²) >= 11 is 6.00. The Bertz CT molecular complexity index is 1670. The number of alkyl halides is 4. The van der Waals surface area contributed by atoms with E-state index in [4.69, 9.17) is 11.6 Å². The van der Waals surface area contributed by atoms with Crippen LogP contribution in [0.15, 0.2) is 55.4 Å². The Morgan fingerprint density at radius 1 is 1.15 bits per heavy atom. The Morgan fingerprint density at radius 3 is 2.61 bits per heavy atom. The maximum atomic E-state index is 15.3. The Morgan fingerprint density at radius 2 is 1.95 bits per heavy atom. The van der Waals surface area contributed by atoms with E-state index in [1.807, 2.05) is 0 Å². The third-order valence-electron chi connectivity index (χ3n) is 6.09. The van der Waals surface area contributed by atoms with Crippen molar-refractivity contribution in [3.8, 4) is 22.5 Å². The first-order valence-corrected chi connectivity index (χ1v) is 12.3. The van der Waals surface area contributed by atoms with Crippen LogP contribution in [0.4, 0.5) is 22.0 Å². The van der Waals surface area contributed by atoms with E-state index in [0.29, 0.717) is 16.2 Å². The number of nitrogens with one attached hydrogen (secondary N) is 1. The zero-order valence-electron chi connectivity index (χ0n) is 21.0. The number of hydrogen-bond acceptors (Lipinski definition) is 6. The number of pyridine rings is 1. The predicted octanol–water partition coefficient (Wildman–Crippen LogP) is 4.02. The van der Waals surface area contributed by atoms with Crippen LogP contribution in [0, 0.1) is 17.9 Å². The lowest BCUT2D eigenvalue weighted by Crippen LogP contribution is -2.36. The average molecular weight is 597 g/mol. The molecule has 0 aliphatic heterocycles. The van der Waals surface area contributed by atoms with Crippen LogP contribution in [-0.4, -0.2) is 48.1 Å². The van der Waals surface area contributed by atoms with Crippen molar-refractivity contribution in [3.05, 3.63) is 88.6 Å². The third kappa shape index (κ3) is 5.88. The third-order valence-corrected chi connectivity index (χ3v) is 6.38. The molecule has 0 aliphatic rings. The summed E-state index contributed by atoms with van der Waals surface area (Å²) in [4.78, 5) is 4.05. The monoisotopic (exact) mass is 596 g/mol. The number of ether oxygens (including phenoxy) is 1. The molecule has 4 aromatic heterocycles. The molecule has 1 N–H and O–H groups in total. The SMILES string of the molecule is Cc1ncn(-c2cnn([C@@H](CCOC(F)F)c3ccc(-c4c(-[n+]5cc(C(F)F)n[nH]5)ccc(Cl)c4F)c[n+]3[O-])c2)n1. The maximum Gasteiger partial charge on any atom is 0.345 e. The summed E-state index contributed by atoms with van der Waals surface area (Å²) in [6.45, 7) is -1.72. The van der Waals surface area contributed by atoms with E-state index in [-0.39, 0.29) is 34.0 Å². The molecular formula is C24H20ClF5N9O2+. The summed E-state index contributed by atoms with van der Waals surface area (Å²) in [6, 6.07) is 4.52. The minimum atomic E-state index is -3.02. The van der Waals surface area contributed by atoms with Crippen LogP contribution in [-0.2, 0) is 4.74 Å². The summed E-state index contributed by atoms with van der Waals surface area (Å²) in [5, 5.41) is 27.4. The van der Waals surface area contributed by atoms with Crippen molar-refractivity contribution in [1.82, 2.24) is 34.9 Å². The van der Waals surface area contributed by atoms with Gasteiger partial charge in [-0.15, -0.1) is 4.68 Å². The summed E-state index contributed by atoms with van der Waals surface area (Å²) in [7, 11) is 0. The van der Waals surface area contributed by atoms with E-state index < -0.39 is 37.2 Å². The quantitative estimate of drug-likeness (QED) is 0.148. The highest BCUT2D eigenvalue weighted by Gasteiger charge is 2.28. The van der Waals surface area contributed by atoms with Gasteiger partial charge in [0.25, 0.3) is 5.69 Å². The molecule has 41 heavy (non-hydrogen) atoms. The summed E-state index contributed by atoms with van der Waals surface area (Å²) in [5.74, 6) is -0.390. The maximum absolute atomic E-state index is 15.3. The van der Waals surface area contributed by atoms with Crippen LogP contribution >= 0.6 is 11.6 Å². The van der Waals surface area contributed by atoms with Crippen LogP contribution in [0.2, 0.25) is 5.02 Å². The summed E-state index contributed by atoms with van der Waals surface area (Å²) in [6.07, 6.45) is 3.58. The van der Waals surface area contributed by atoms with Crippen molar-refractivity contribution < 1.29 is 36.1 Å². The van der Waals surface area contributed by atoms with Gasteiger partial charge < -0.3 is 9.94 Å². The van der Waals surface area contributed by atoms with Gasteiger partial charge >= 0.3 is 13.0 Å². The van der Waals surface area contributed by atoms with E-state index in [1.165, 1.54) is 46.2 Å². The van der Waals surface area contributed by atoms with Crippen molar-refractivity contribution in [2.24, 2.45) is 0 Å². The molecule has 214 valence electrons. The molecule has 0 saturated heterocycles. The molecule has 5 rings (SSSR count). The van der Waals surface area contributed by atoms with Crippen molar-refractivity contribution in [2.45, 2.75) is 32.4 Å². The van der Waals surface area contributed by atoms with E-state index in [0.717, 1.165) is 17.1 Å². The molecule has 0 saturated carbocycles. The zero-order chi connectivity index (χ0) is 29.3. The highest BCUT2D eigenvalue weighted by Crippen LogP contribution is 2.32. The zero-order valence-corrected chi connectivity index (χ0v) is 21.8. The number of aromatic nitrogens is 9. The molecule has 1 aromatic carbocycles. The van der Waals surface area contributed by atoms with Gasteiger partial charge in [-0.25, -0.2) is 22.8 Å². The second-order valence-corrected chi connectivity index (χ2v) is 9.12. The number of nitrogens with zero attached hydrogens (tertiary/aromatic N) is 8. The lowest BCUT2D eigenvalue weighted by molar-refractivity contribution is -0.659. The number of aromatic amines is 1. The topological polar surface area (TPSA) is 117 Å².